The summed E-state index contributed by atoms with van der Waals surface area (Å²) >= 11 is 0. The zero-order valence-corrected chi connectivity index (χ0v) is 13.1. The molecule has 116 valence electrons. The van der Waals surface area contributed by atoms with E-state index in [1.807, 2.05) is 18.7 Å². The quantitative estimate of drug-likeness (QED) is 0.762. The van der Waals surface area contributed by atoms with Crippen LogP contribution in [0, 0.1) is 5.92 Å². The van der Waals surface area contributed by atoms with Gasteiger partial charge in [0.1, 0.15) is 0 Å². The molecule has 1 heterocycles. The SMILES string of the molecule is CC(C)[C@H](N)C(=O)N1CCCN(CC(=O)N(C)C)CC1. The Morgan fingerprint density at radius 3 is 2.35 bits per heavy atom. The van der Waals surface area contributed by atoms with Crippen molar-refractivity contribution in [3.8, 4) is 0 Å². The molecular formula is C14H28N4O2. The van der Waals surface area contributed by atoms with Crippen molar-refractivity contribution in [1.29, 1.82) is 0 Å². The molecule has 2 N–H and O–H groups in total. The molecular weight excluding hydrogens is 256 g/mol. The molecule has 0 aromatic carbocycles. The van der Waals surface area contributed by atoms with Crippen LogP contribution in [0.1, 0.15) is 20.3 Å². The third-order valence-corrected chi connectivity index (χ3v) is 3.76. The van der Waals surface area contributed by atoms with E-state index in [0.717, 1.165) is 26.1 Å². The van der Waals surface area contributed by atoms with Gasteiger partial charge >= 0.3 is 0 Å². The molecule has 0 saturated carbocycles. The van der Waals surface area contributed by atoms with Gasteiger partial charge in [-0.2, -0.15) is 0 Å². The van der Waals surface area contributed by atoms with E-state index in [-0.39, 0.29) is 17.7 Å². The van der Waals surface area contributed by atoms with Crippen LogP contribution < -0.4 is 5.73 Å². The fourth-order valence-corrected chi connectivity index (χ4v) is 2.18. The Bertz CT molecular complexity index is 344. The fourth-order valence-electron chi connectivity index (χ4n) is 2.18. The fraction of sp³-hybridized carbons (Fsp3) is 0.857. The first-order valence-corrected chi connectivity index (χ1v) is 7.29. The largest absolute Gasteiger partial charge is 0.348 e. The van der Waals surface area contributed by atoms with E-state index in [2.05, 4.69) is 4.90 Å². The lowest BCUT2D eigenvalue weighted by molar-refractivity contribution is -0.133. The van der Waals surface area contributed by atoms with Gasteiger partial charge in [0.05, 0.1) is 12.6 Å². The number of hydrogen-bond acceptors (Lipinski definition) is 4. The van der Waals surface area contributed by atoms with E-state index in [4.69, 9.17) is 5.73 Å². The van der Waals surface area contributed by atoms with Crippen LogP contribution in [0.5, 0.6) is 0 Å². The van der Waals surface area contributed by atoms with Crippen LogP contribution in [0.4, 0.5) is 0 Å². The summed E-state index contributed by atoms with van der Waals surface area (Å²) in [4.78, 5) is 29.5. The number of amides is 2. The maximum Gasteiger partial charge on any atom is 0.239 e. The number of likely N-dealkylation sites (N-methyl/N-ethyl adjacent to an activating group) is 1. The van der Waals surface area contributed by atoms with Gasteiger partial charge in [-0.15, -0.1) is 0 Å². The second-order valence-corrected chi connectivity index (χ2v) is 6.01. The van der Waals surface area contributed by atoms with Crippen LogP contribution in [0.3, 0.4) is 0 Å². The average Bonchev–Trinajstić information content (AvgIpc) is 2.62. The third-order valence-electron chi connectivity index (χ3n) is 3.76. The molecule has 1 rings (SSSR count). The van der Waals surface area contributed by atoms with Crippen molar-refractivity contribution < 1.29 is 9.59 Å². The number of nitrogens with two attached hydrogens (primary N) is 1. The summed E-state index contributed by atoms with van der Waals surface area (Å²) in [6.45, 7) is 7.30. The summed E-state index contributed by atoms with van der Waals surface area (Å²) in [6, 6.07) is -0.426. The van der Waals surface area contributed by atoms with Gasteiger partial charge in [-0.25, -0.2) is 0 Å². The van der Waals surface area contributed by atoms with Crippen molar-refractivity contribution >= 4 is 11.8 Å². The lowest BCUT2D eigenvalue weighted by atomic mass is 10.0. The molecule has 0 spiro atoms. The Kier molecular flexibility index (Phi) is 6.42. The maximum absolute atomic E-state index is 12.2. The zero-order valence-electron chi connectivity index (χ0n) is 13.1. The predicted molar refractivity (Wildman–Crippen MR) is 79.1 cm³/mol. The molecule has 1 saturated heterocycles. The van der Waals surface area contributed by atoms with E-state index in [1.54, 1.807) is 19.0 Å². The number of rotatable bonds is 4. The zero-order chi connectivity index (χ0) is 15.3. The molecule has 1 atom stereocenters. The monoisotopic (exact) mass is 284 g/mol. The van der Waals surface area contributed by atoms with Crippen molar-refractivity contribution in [3.05, 3.63) is 0 Å². The molecule has 6 heteroatoms. The topological polar surface area (TPSA) is 69.9 Å². The van der Waals surface area contributed by atoms with Gasteiger partial charge < -0.3 is 15.5 Å². The van der Waals surface area contributed by atoms with Gasteiger partial charge in [-0.05, 0) is 12.3 Å². The van der Waals surface area contributed by atoms with Crippen molar-refractivity contribution in [1.82, 2.24) is 14.7 Å². The number of carbonyl (C=O) groups excluding carboxylic acids is 2. The summed E-state index contributed by atoms with van der Waals surface area (Å²) < 4.78 is 0. The molecule has 0 bridgehead atoms. The van der Waals surface area contributed by atoms with Crippen LogP contribution >= 0.6 is 0 Å². The minimum absolute atomic E-state index is 0.0285. The van der Waals surface area contributed by atoms with Gasteiger partial charge in [0.15, 0.2) is 0 Å². The van der Waals surface area contributed by atoms with E-state index in [1.165, 1.54) is 0 Å². The minimum Gasteiger partial charge on any atom is -0.348 e. The standard InChI is InChI=1S/C14H28N4O2/c1-11(2)13(15)14(20)18-7-5-6-17(8-9-18)10-12(19)16(3)4/h11,13H,5-10,15H2,1-4H3/t13-/m0/s1. The van der Waals surface area contributed by atoms with Crippen molar-refractivity contribution in [3.63, 3.8) is 0 Å². The van der Waals surface area contributed by atoms with E-state index < -0.39 is 6.04 Å². The van der Waals surface area contributed by atoms with Gasteiger partial charge in [-0.3, -0.25) is 14.5 Å². The first-order valence-electron chi connectivity index (χ1n) is 7.29. The molecule has 0 aromatic heterocycles. The molecule has 0 aromatic rings. The van der Waals surface area contributed by atoms with Gasteiger partial charge in [0.25, 0.3) is 0 Å². The Hall–Kier alpha value is -1.14. The summed E-state index contributed by atoms with van der Waals surface area (Å²) in [6.07, 6.45) is 0.886. The van der Waals surface area contributed by atoms with E-state index in [9.17, 15) is 9.59 Å². The number of nitrogens with zero attached hydrogens (tertiary/aromatic N) is 3. The van der Waals surface area contributed by atoms with Crippen LogP contribution in [-0.4, -0.2) is 79.4 Å². The summed E-state index contributed by atoms with van der Waals surface area (Å²) in [5.41, 5.74) is 5.93. The summed E-state index contributed by atoms with van der Waals surface area (Å²) in [5.74, 6) is 0.279. The Morgan fingerprint density at radius 1 is 1.15 bits per heavy atom. The van der Waals surface area contributed by atoms with Gasteiger partial charge in [-0.1, -0.05) is 13.8 Å². The Morgan fingerprint density at radius 2 is 1.80 bits per heavy atom. The lowest BCUT2D eigenvalue weighted by Crippen LogP contribution is -2.48. The van der Waals surface area contributed by atoms with Crippen molar-refractivity contribution in [2.24, 2.45) is 11.7 Å². The molecule has 1 aliphatic heterocycles. The normalized spacial score (nSPS) is 18.8. The first kappa shape index (κ1) is 16.9. The number of hydrogen-bond donors (Lipinski definition) is 1. The molecule has 0 unspecified atom stereocenters. The van der Waals surface area contributed by atoms with Crippen molar-refractivity contribution in [2.45, 2.75) is 26.3 Å². The Labute approximate surface area is 121 Å². The van der Waals surface area contributed by atoms with Gasteiger partial charge in [0, 0.05) is 40.3 Å². The summed E-state index contributed by atoms with van der Waals surface area (Å²) in [7, 11) is 3.52. The molecule has 0 aliphatic carbocycles. The highest BCUT2D eigenvalue weighted by Crippen LogP contribution is 2.08. The summed E-state index contributed by atoms with van der Waals surface area (Å²) in [5, 5.41) is 0. The second-order valence-electron chi connectivity index (χ2n) is 6.01. The third kappa shape index (κ3) is 4.76. The minimum atomic E-state index is -0.426. The number of carbonyl (C=O) groups is 2. The average molecular weight is 284 g/mol. The highest BCUT2D eigenvalue weighted by Gasteiger charge is 2.26. The molecule has 2 amide bonds. The maximum atomic E-state index is 12.2. The predicted octanol–water partition coefficient (Wildman–Crippen LogP) is -0.408. The second kappa shape index (κ2) is 7.59. The lowest BCUT2D eigenvalue weighted by Gasteiger charge is -2.26. The van der Waals surface area contributed by atoms with Gasteiger partial charge in [0.2, 0.25) is 11.8 Å². The smallest absolute Gasteiger partial charge is 0.239 e. The van der Waals surface area contributed by atoms with Crippen LogP contribution in [0.2, 0.25) is 0 Å². The Balaban J connectivity index is 2.51. The van der Waals surface area contributed by atoms with E-state index in [0.29, 0.717) is 13.1 Å². The van der Waals surface area contributed by atoms with E-state index >= 15 is 0 Å². The molecule has 1 aliphatic rings. The molecule has 6 nitrogen and oxygen atoms in total. The first-order chi connectivity index (χ1) is 9.32. The highest BCUT2D eigenvalue weighted by molar-refractivity contribution is 5.82. The highest BCUT2D eigenvalue weighted by atomic mass is 16.2. The van der Waals surface area contributed by atoms with Crippen molar-refractivity contribution in [2.75, 3.05) is 46.8 Å². The molecule has 20 heavy (non-hydrogen) atoms. The van der Waals surface area contributed by atoms with Crippen LogP contribution in [-0.2, 0) is 9.59 Å². The molecule has 0 radical (unpaired) electrons. The van der Waals surface area contributed by atoms with Crippen LogP contribution in [0.15, 0.2) is 0 Å². The van der Waals surface area contributed by atoms with Crippen LogP contribution in [0.25, 0.3) is 0 Å². The molecule has 1 fully saturated rings.